The summed E-state index contributed by atoms with van der Waals surface area (Å²) in [5, 5.41) is 2.69. The van der Waals surface area contributed by atoms with Crippen molar-refractivity contribution in [1.29, 1.82) is 0 Å². The fourth-order valence-corrected chi connectivity index (χ4v) is 2.15. The molecule has 1 N–H and O–H groups in total. The number of benzene rings is 2. The first-order valence-electron chi connectivity index (χ1n) is 7.35. The third-order valence-electron chi connectivity index (χ3n) is 3.33. The normalized spacial score (nSPS) is 10.5. The van der Waals surface area contributed by atoms with E-state index in [2.05, 4.69) is 5.32 Å². The molecule has 0 atom stereocenters. The molecule has 0 bridgehead atoms. The smallest absolute Gasteiger partial charge is 0.221 e. The first-order chi connectivity index (χ1) is 11.5. The molecular weight excluding hydrogens is 306 g/mol. The molecule has 2 rings (SSSR count). The van der Waals surface area contributed by atoms with Crippen molar-refractivity contribution in [3.8, 4) is 11.5 Å². The van der Waals surface area contributed by atoms with Gasteiger partial charge in [-0.25, -0.2) is 0 Å². The van der Waals surface area contributed by atoms with Gasteiger partial charge in [0.1, 0.15) is 11.5 Å². The molecule has 2 aromatic rings. The molecule has 2 aromatic carbocycles. The molecule has 0 aliphatic heterocycles. The number of carbonyl (C=O) groups excluding carboxylic acids is 2. The maximum Gasteiger partial charge on any atom is 0.221 e. The van der Waals surface area contributed by atoms with Crippen LogP contribution in [0.15, 0.2) is 48.5 Å². The number of ketones is 1. The lowest BCUT2D eigenvalue weighted by Crippen LogP contribution is -2.05. The van der Waals surface area contributed by atoms with Gasteiger partial charge in [0.15, 0.2) is 5.78 Å². The predicted molar refractivity (Wildman–Crippen MR) is 93.7 cm³/mol. The van der Waals surface area contributed by atoms with E-state index in [0.29, 0.717) is 22.7 Å². The molecule has 124 valence electrons. The highest BCUT2D eigenvalue weighted by Crippen LogP contribution is 2.25. The van der Waals surface area contributed by atoms with E-state index in [1.54, 1.807) is 43.5 Å². The Morgan fingerprint density at radius 2 is 1.71 bits per heavy atom. The summed E-state index contributed by atoms with van der Waals surface area (Å²) in [4.78, 5) is 23.4. The third-order valence-corrected chi connectivity index (χ3v) is 3.33. The molecule has 5 heteroatoms. The van der Waals surface area contributed by atoms with E-state index in [4.69, 9.17) is 9.47 Å². The minimum absolute atomic E-state index is 0.126. The summed E-state index contributed by atoms with van der Waals surface area (Å²) in [5.74, 6) is 0.772. The zero-order chi connectivity index (χ0) is 17.5. The molecule has 0 radical (unpaired) electrons. The summed E-state index contributed by atoms with van der Waals surface area (Å²) in [6, 6.07) is 12.3. The quantitative estimate of drug-likeness (QED) is 0.651. The van der Waals surface area contributed by atoms with Crippen LogP contribution in [0.3, 0.4) is 0 Å². The second-order valence-electron chi connectivity index (χ2n) is 5.07. The van der Waals surface area contributed by atoms with Crippen molar-refractivity contribution in [2.24, 2.45) is 0 Å². The fourth-order valence-electron chi connectivity index (χ4n) is 2.15. The van der Waals surface area contributed by atoms with E-state index in [-0.39, 0.29) is 11.7 Å². The van der Waals surface area contributed by atoms with Crippen molar-refractivity contribution in [2.45, 2.75) is 6.92 Å². The molecule has 0 saturated heterocycles. The Morgan fingerprint density at radius 1 is 1.00 bits per heavy atom. The molecule has 0 unspecified atom stereocenters. The highest BCUT2D eigenvalue weighted by atomic mass is 16.5. The van der Waals surface area contributed by atoms with E-state index in [1.165, 1.54) is 20.1 Å². The number of hydrogen-bond donors (Lipinski definition) is 1. The summed E-state index contributed by atoms with van der Waals surface area (Å²) < 4.78 is 10.4. The maximum absolute atomic E-state index is 12.4. The number of amides is 1. The highest BCUT2D eigenvalue weighted by Gasteiger charge is 2.11. The van der Waals surface area contributed by atoms with Crippen LogP contribution in [0.2, 0.25) is 0 Å². The van der Waals surface area contributed by atoms with Gasteiger partial charge in [0.2, 0.25) is 5.91 Å². The van der Waals surface area contributed by atoms with E-state index < -0.39 is 0 Å². The van der Waals surface area contributed by atoms with Gasteiger partial charge in [0.25, 0.3) is 0 Å². The molecule has 0 saturated carbocycles. The minimum atomic E-state index is -0.184. The summed E-state index contributed by atoms with van der Waals surface area (Å²) in [6.07, 6.45) is 3.18. The van der Waals surface area contributed by atoms with Crippen molar-refractivity contribution in [3.63, 3.8) is 0 Å². The van der Waals surface area contributed by atoms with Crippen LogP contribution < -0.4 is 14.8 Å². The van der Waals surface area contributed by atoms with E-state index in [9.17, 15) is 9.59 Å². The number of rotatable bonds is 6. The number of ether oxygens (including phenoxy) is 2. The monoisotopic (exact) mass is 325 g/mol. The number of hydrogen-bond acceptors (Lipinski definition) is 4. The van der Waals surface area contributed by atoms with Crippen LogP contribution in [0, 0.1) is 0 Å². The van der Waals surface area contributed by atoms with Gasteiger partial charge in [-0.05, 0) is 42.0 Å². The van der Waals surface area contributed by atoms with Crippen molar-refractivity contribution in [3.05, 3.63) is 59.7 Å². The van der Waals surface area contributed by atoms with Gasteiger partial charge >= 0.3 is 0 Å². The largest absolute Gasteiger partial charge is 0.497 e. The molecule has 0 aliphatic carbocycles. The van der Waals surface area contributed by atoms with Crippen LogP contribution in [0.1, 0.15) is 22.8 Å². The van der Waals surface area contributed by atoms with Gasteiger partial charge in [-0.15, -0.1) is 0 Å². The molecule has 0 aliphatic rings. The molecule has 24 heavy (non-hydrogen) atoms. The molecule has 0 heterocycles. The lowest BCUT2D eigenvalue weighted by molar-refractivity contribution is -0.114. The zero-order valence-electron chi connectivity index (χ0n) is 13.8. The third kappa shape index (κ3) is 4.46. The number of nitrogens with one attached hydrogen (secondary N) is 1. The van der Waals surface area contributed by atoms with Gasteiger partial charge in [-0.1, -0.05) is 18.2 Å². The minimum Gasteiger partial charge on any atom is -0.497 e. The maximum atomic E-state index is 12.4. The summed E-state index contributed by atoms with van der Waals surface area (Å²) in [6.45, 7) is 1.45. The topological polar surface area (TPSA) is 64.6 Å². The SMILES string of the molecule is COc1ccc(OC)c(C(=O)C=Cc2ccc(NC(C)=O)cc2)c1. The summed E-state index contributed by atoms with van der Waals surface area (Å²) in [5.41, 5.74) is 1.99. The standard InChI is InChI=1S/C19H19NO4/c1-13(21)20-15-7-4-14(5-8-15)6-10-18(22)17-12-16(23-2)9-11-19(17)24-3/h4-12H,1-3H3,(H,20,21). The lowest BCUT2D eigenvalue weighted by Gasteiger charge is -2.08. The first-order valence-corrected chi connectivity index (χ1v) is 7.35. The van der Waals surface area contributed by atoms with Gasteiger partial charge in [-0.2, -0.15) is 0 Å². The van der Waals surface area contributed by atoms with Crippen LogP contribution in [-0.2, 0) is 4.79 Å². The molecule has 0 fully saturated rings. The Morgan fingerprint density at radius 3 is 2.29 bits per heavy atom. The highest BCUT2D eigenvalue weighted by molar-refractivity contribution is 6.08. The van der Waals surface area contributed by atoms with Gasteiger partial charge in [0.05, 0.1) is 19.8 Å². The number of anilines is 1. The van der Waals surface area contributed by atoms with Crippen molar-refractivity contribution >= 4 is 23.5 Å². The van der Waals surface area contributed by atoms with Crippen LogP contribution in [0.25, 0.3) is 6.08 Å². The van der Waals surface area contributed by atoms with Crippen molar-refractivity contribution in [2.75, 3.05) is 19.5 Å². The molecule has 0 spiro atoms. The van der Waals surface area contributed by atoms with E-state index in [1.807, 2.05) is 12.1 Å². The Labute approximate surface area is 140 Å². The first kappa shape index (κ1) is 17.3. The molecule has 0 aromatic heterocycles. The Bertz CT molecular complexity index is 763. The number of methoxy groups -OCH3 is 2. The van der Waals surface area contributed by atoms with E-state index in [0.717, 1.165) is 5.56 Å². The second-order valence-corrected chi connectivity index (χ2v) is 5.07. The molecule has 1 amide bonds. The second kappa shape index (κ2) is 7.97. The lowest BCUT2D eigenvalue weighted by atomic mass is 10.1. The average Bonchev–Trinajstić information content (AvgIpc) is 2.59. The van der Waals surface area contributed by atoms with Crippen LogP contribution >= 0.6 is 0 Å². The van der Waals surface area contributed by atoms with Crippen LogP contribution in [0.4, 0.5) is 5.69 Å². The van der Waals surface area contributed by atoms with Gasteiger partial charge < -0.3 is 14.8 Å². The average molecular weight is 325 g/mol. The Hall–Kier alpha value is -3.08. The fraction of sp³-hybridized carbons (Fsp3) is 0.158. The van der Waals surface area contributed by atoms with Crippen molar-refractivity contribution < 1.29 is 19.1 Å². The van der Waals surface area contributed by atoms with Crippen LogP contribution in [0.5, 0.6) is 11.5 Å². The van der Waals surface area contributed by atoms with Crippen LogP contribution in [-0.4, -0.2) is 25.9 Å². The Balaban J connectivity index is 2.16. The summed E-state index contributed by atoms with van der Waals surface area (Å²) >= 11 is 0. The summed E-state index contributed by atoms with van der Waals surface area (Å²) in [7, 11) is 3.06. The molecule has 5 nitrogen and oxygen atoms in total. The van der Waals surface area contributed by atoms with Gasteiger partial charge in [-0.3, -0.25) is 9.59 Å². The number of allylic oxidation sites excluding steroid dienone is 1. The number of carbonyl (C=O) groups is 2. The predicted octanol–water partition coefficient (Wildman–Crippen LogP) is 3.56. The van der Waals surface area contributed by atoms with E-state index >= 15 is 0 Å². The molecular formula is C19H19NO4. The van der Waals surface area contributed by atoms with Crippen molar-refractivity contribution in [1.82, 2.24) is 0 Å². The Kier molecular flexibility index (Phi) is 5.73. The zero-order valence-corrected chi connectivity index (χ0v) is 13.8. The van der Waals surface area contributed by atoms with Gasteiger partial charge in [0, 0.05) is 12.6 Å².